The molecule has 0 fully saturated rings. The fraction of sp³-hybridized carbons (Fsp3) is 0.154. The van der Waals surface area contributed by atoms with Gasteiger partial charge in [0.2, 0.25) is 0 Å². The fourth-order valence-electron chi connectivity index (χ4n) is 1.86. The van der Waals surface area contributed by atoms with Gasteiger partial charge >= 0.3 is 5.69 Å². The average molecular weight is 274 g/mol. The minimum absolute atomic E-state index is 0.0227. The van der Waals surface area contributed by atoms with E-state index >= 15 is 0 Å². The van der Waals surface area contributed by atoms with Gasteiger partial charge in [-0.15, -0.1) is 0 Å². The van der Waals surface area contributed by atoms with E-state index in [9.17, 15) is 9.59 Å². The number of benzene rings is 1. The van der Waals surface area contributed by atoms with Crippen LogP contribution in [0.25, 0.3) is 0 Å². The predicted molar refractivity (Wildman–Crippen MR) is 74.0 cm³/mol. The van der Waals surface area contributed by atoms with E-state index in [4.69, 9.17) is 10.9 Å². The summed E-state index contributed by atoms with van der Waals surface area (Å²) in [5, 5.41) is 11.5. The van der Waals surface area contributed by atoms with Crippen molar-refractivity contribution in [2.75, 3.05) is 0 Å². The zero-order valence-electron chi connectivity index (χ0n) is 10.9. The van der Waals surface area contributed by atoms with E-state index in [1.54, 1.807) is 0 Å². The van der Waals surface area contributed by atoms with Crippen LogP contribution in [-0.2, 0) is 13.6 Å². The molecule has 20 heavy (non-hydrogen) atoms. The van der Waals surface area contributed by atoms with Crippen LogP contribution in [0, 0.1) is 0 Å². The SMILES string of the molecule is Cn1cc(/C(N)=N/O)c(=O)n(Cc2ccccc2)c1=O. The maximum absolute atomic E-state index is 12.2. The highest BCUT2D eigenvalue weighted by Crippen LogP contribution is 1.99. The number of nitrogens with zero attached hydrogens (tertiary/aromatic N) is 3. The maximum Gasteiger partial charge on any atom is 0.331 e. The van der Waals surface area contributed by atoms with Crippen molar-refractivity contribution >= 4 is 5.84 Å². The number of hydrogen-bond donors (Lipinski definition) is 2. The lowest BCUT2D eigenvalue weighted by molar-refractivity contribution is 0.318. The van der Waals surface area contributed by atoms with Crippen molar-refractivity contribution in [3.05, 3.63) is 68.5 Å². The Morgan fingerprint density at radius 1 is 1.30 bits per heavy atom. The molecule has 104 valence electrons. The molecular formula is C13H14N4O3. The van der Waals surface area contributed by atoms with Gasteiger partial charge in [0, 0.05) is 13.2 Å². The minimum Gasteiger partial charge on any atom is -0.409 e. The Bertz CT molecular complexity index is 759. The Balaban J connectivity index is 2.61. The summed E-state index contributed by atoms with van der Waals surface area (Å²) < 4.78 is 2.26. The first kappa shape index (κ1) is 13.6. The van der Waals surface area contributed by atoms with Crippen LogP contribution in [0.4, 0.5) is 0 Å². The largest absolute Gasteiger partial charge is 0.409 e. The van der Waals surface area contributed by atoms with E-state index in [1.165, 1.54) is 17.8 Å². The second-order valence-electron chi connectivity index (χ2n) is 4.30. The van der Waals surface area contributed by atoms with Crippen LogP contribution in [0.5, 0.6) is 0 Å². The summed E-state index contributed by atoms with van der Waals surface area (Å²) in [4.78, 5) is 24.3. The van der Waals surface area contributed by atoms with Crippen molar-refractivity contribution in [3.63, 3.8) is 0 Å². The molecule has 0 spiro atoms. The van der Waals surface area contributed by atoms with Crippen molar-refractivity contribution in [2.24, 2.45) is 17.9 Å². The van der Waals surface area contributed by atoms with E-state index in [0.717, 1.165) is 10.1 Å². The molecular weight excluding hydrogens is 260 g/mol. The van der Waals surface area contributed by atoms with Gasteiger partial charge in [-0.25, -0.2) is 4.79 Å². The smallest absolute Gasteiger partial charge is 0.331 e. The lowest BCUT2D eigenvalue weighted by Crippen LogP contribution is -2.42. The molecule has 2 aromatic rings. The molecule has 1 heterocycles. The first-order valence-corrected chi connectivity index (χ1v) is 5.87. The van der Waals surface area contributed by atoms with Gasteiger partial charge in [0.05, 0.1) is 6.54 Å². The Hall–Kier alpha value is -2.83. The number of aryl methyl sites for hydroxylation is 1. The molecule has 0 aliphatic heterocycles. The number of rotatable bonds is 3. The third kappa shape index (κ3) is 2.46. The van der Waals surface area contributed by atoms with Crippen LogP contribution in [0.2, 0.25) is 0 Å². The number of hydrogen-bond acceptors (Lipinski definition) is 4. The summed E-state index contributed by atoms with van der Waals surface area (Å²) in [5.41, 5.74) is 5.18. The second kappa shape index (κ2) is 5.43. The van der Waals surface area contributed by atoms with E-state index in [2.05, 4.69) is 5.16 Å². The van der Waals surface area contributed by atoms with Crippen LogP contribution in [0.15, 0.2) is 51.3 Å². The Morgan fingerprint density at radius 2 is 1.95 bits per heavy atom. The molecule has 0 saturated heterocycles. The molecule has 0 unspecified atom stereocenters. The van der Waals surface area contributed by atoms with Crippen molar-refractivity contribution in [1.29, 1.82) is 0 Å². The summed E-state index contributed by atoms with van der Waals surface area (Å²) in [5.74, 6) is -0.326. The molecule has 3 N–H and O–H groups in total. The molecule has 0 aliphatic rings. The lowest BCUT2D eigenvalue weighted by Gasteiger charge is -2.09. The summed E-state index contributed by atoms with van der Waals surface area (Å²) >= 11 is 0. The van der Waals surface area contributed by atoms with E-state index < -0.39 is 11.2 Å². The van der Waals surface area contributed by atoms with Gasteiger partial charge in [0.25, 0.3) is 5.56 Å². The van der Waals surface area contributed by atoms with Gasteiger partial charge in [0.1, 0.15) is 5.56 Å². The molecule has 0 saturated carbocycles. The van der Waals surface area contributed by atoms with E-state index in [0.29, 0.717) is 0 Å². The minimum atomic E-state index is -0.591. The quantitative estimate of drug-likeness (QED) is 0.347. The standard InChI is InChI=1S/C13H14N4O3/c1-16-8-10(11(14)15-20)12(18)17(13(16)19)7-9-5-3-2-4-6-9/h2-6,8,20H,7H2,1H3,(H2,14,15). The molecule has 7 nitrogen and oxygen atoms in total. The van der Waals surface area contributed by atoms with Gasteiger partial charge in [-0.1, -0.05) is 35.5 Å². The monoisotopic (exact) mass is 274 g/mol. The highest BCUT2D eigenvalue weighted by Gasteiger charge is 2.13. The van der Waals surface area contributed by atoms with Crippen LogP contribution < -0.4 is 17.0 Å². The van der Waals surface area contributed by atoms with Gasteiger partial charge in [-0.3, -0.25) is 9.36 Å². The Labute approximate surface area is 114 Å². The number of aromatic nitrogens is 2. The first-order chi connectivity index (χ1) is 9.54. The molecule has 1 aromatic heterocycles. The van der Waals surface area contributed by atoms with Crippen LogP contribution in [-0.4, -0.2) is 20.2 Å². The number of oxime groups is 1. The third-order valence-corrected chi connectivity index (χ3v) is 2.90. The lowest BCUT2D eigenvalue weighted by atomic mass is 10.2. The highest BCUT2D eigenvalue weighted by molar-refractivity contribution is 5.96. The van der Waals surface area contributed by atoms with Crippen molar-refractivity contribution in [2.45, 2.75) is 6.54 Å². The molecule has 0 aliphatic carbocycles. The Morgan fingerprint density at radius 3 is 2.55 bits per heavy atom. The van der Waals surface area contributed by atoms with E-state index in [1.807, 2.05) is 30.3 Å². The normalized spacial score (nSPS) is 11.6. The fourth-order valence-corrected chi connectivity index (χ4v) is 1.86. The summed E-state index contributed by atoms with van der Waals surface area (Å²) in [6.45, 7) is 0.124. The van der Waals surface area contributed by atoms with Gasteiger partial charge in [-0.2, -0.15) is 0 Å². The molecule has 0 bridgehead atoms. The van der Waals surface area contributed by atoms with Crippen molar-refractivity contribution in [3.8, 4) is 0 Å². The van der Waals surface area contributed by atoms with Gasteiger partial charge in [-0.05, 0) is 5.56 Å². The molecule has 0 atom stereocenters. The first-order valence-electron chi connectivity index (χ1n) is 5.87. The zero-order valence-corrected chi connectivity index (χ0v) is 10.9. The van der Waals surface area contributed by atoms with Crippen molar-refractivity contribution < 1.29 is 5.21 Å². The van der Waals surface area contributed by atoms with Crippen LogP contribution in [0.1, 0.15) is 11.1 Å². The van der Waals surface area contributed by atoms with Crippen LogP contribution >= 0.6 is 0 Å². The van der Waals surface area contributed by atoms with Crippen LogP contribution in [0.3, 0.4) is 0 Å². The van der Waals surface area contributed by atoms with Gasteiger partial charge in [0.15, 0.2) is 5.84 Å². The number of nitrogens with two attached hydrogens (primary N) is 1. The van der Waals surface area contributed by atoms with Gasteiger partial charge < -0.3 is 15.5 Å². The summed E-state index contributed by atoms with van der Waals surface area (Å²) in [6.07, 6.45) is 1.25. The van der Waals surface area contributed by atoms with Crippen molar-refractivity contribution in [1.82, 2.24) is 9.13 Å². The third-order valence-electron chi connectivity index (χ3n) is 2.90. The Kier molecular flexibility index (Phi) is 3.69. The maximum atomic E-state index is 12.2. The van der Waals surface area contributed by atoms with E-state index in [-0.39, 0.29) is 17.9 Å². The predicted octanol–water partition coefficient (Wildman–Crippen LogP) is -0.310. The topological polar surface area (TPSA) is 103 Å². The molecule has 1 aromatic carbocycles. The molecule has 7 heteroatoms. The second-order valence-corrected chi connectivity index (χ2v) is 4.30. The zero-order chi connectivity index (χ0) is 14.7. The average Bonchev–Trinajstić information content (AvgIpc) is 2.47. The molecule has 0 radical (unpaired) electrons. The summed E-state index contributed by atoms with van der Waals surface area (Å²) in [6, 6.07) is 9.10. The number of amidine groups is 1. The molecule has 0 amide bonds. The summed E-state index contributed by atoms with van der Waals surface area (Å²) in [7, 11) is 1.50. The molecule has 2 rings (SSSR count). The highest BCUT2D eigenvalue weighted by atomic mass is 16.4.